The fourth-order valence-electron chi connectivity index (χ4n) is 2.81. The molecule has 102 valence electrons. The third-order valence-electron chi connectivity index (χ3n) is 3.77. The van der Waals surface area contributed by atoms with Crippen LogP contribution < -0.4 is 0 Å². The van der Waals surface area contributed by atoms with Crippen molar-refractivity contribution in [2.45, 2.75) is 27.2 Å². The van der Waals surface area contributed by atoms with Crippen molar-refractivity contribution in [1.29, 1.82) is 0 Å². The van der Waals surface area contributed by atoms with Crippen molar-refractivity contribution in [2.75, 3.05) is 0 Å². The molecule has 0 spiro atoms. The number of nitrogens with one attached hydrogen (secondary N) is 1. The van der Waals surface area contributed by atoms with Crippen LogP contribution in [-0.2, 0) is 6.42 Å². The number of aromatic nitrogens is 1. The highest BCUT2D eigenvalue weighted by Gasteiger charge is 2.16. The highest BCUT2D eigenvalue weighted by molar-refractivity contribution is 7.12. The van der Waals surface area contributed by atoms with Gasteiger partial charge in [0.1, 0.15) is 0 Å². The number of aryl methyl sites for hydroxylation is 3. The van der Waals surface area contributed by atoms with Gasteiger partial charge in [-0.1, -0.05) is 25.1 Å². The van der Waals surface area contributed by atoms with Gasteiger partial charge in [0.2, 0.25) is 0 Å². The van der Waals surface area contributed by atoms with Gasteiger partial charge in [-0.2, -0.15) is 0 Å². The number of thiophene rings is 1. The maximum absolute atomic E-state index is 11.6. The maximum atomic E-state index is 11.6. The van der Waals surface area contributed by atoms with Gasteiger partial charge in [0.05, 0.1) is 5.69 Å². The van der Waals surface area contributed by atoms with Crippen molar-refractivity contribution in [1.82, 2.24) is 4.98 Å². The first-order chi connectivity index (χ1) is 9.65. The molecular formula is C17H17NOS. The Kier molecular flexibility index (Phi) is 3.22. The number of fused-ring (bicyclic) bond motifs is 1. The van der Waals surface area contributed by atoms with E-state index in [1.807, 2.05) is 12.1 Å². The molecule has 1 aromatic carbocycles. The van der Waals surface area contributed by atoms with Gasteiger partial charge in [0.25, 0.3) is 0 Å². The number of H-pyrrole nitrogens is 1. The number of hydrogen-bond donors (Lipinski definition) is 1. The Balaban J connectivity index is 2.36. The van der Waals surface area contributed by atoms with Gasteiger partial charge in [-0.15, -0.1) is 11.3 Å². The van der Waals surface area contributed by atoms with Crippen LogP contribution in [0.15, 0.2) is 24.3 Å². The Hall–Kier alpha value is -1.87. The fourth-order valence-corrected chi connectivity index (χ4v) is 3.74. The SMILES string of the molecule is CCc1cccc2c(C=O)c(-c3cc(C)sc3C)[nH]c12. The zero-order chi connectivity index (χ0) is 14.3. The summed E-state index contributed by atoms with van der Waals surface area (Å²) in [6, 6.07) is 8.32. The summed E-state index contributed by atoms with van der Waals surface area (Å²) in [4.78, 5) is 17.6. The summed E-state index contributed by atoms with van der Waals surface area (Å²) < 4.78 is 0. The van der Waals surface area contributed by atoms with Crippen molar-refractivity contribution in [3.8, 4) is 11.3 Å². The van der Waals surface area contributed by atoms with Crippen LogP contribution in [0.2, 0.25) is 0 Å². The molecule has 0 bridgehead atoms. The predicted molar refractivity (Wildman–Crippen MR) is 85.9 cm³/mol. The summed E-state index contributed by atoms with van der Waals surface area (Å²) in [5.41, 5.74) is 5.22. The Bertz CT molecular complexity index is 795. The normalized spacial score (nSPS) is 11.2. The second kappa shape index (κ2) is 4.91. The van der Waals surface area contributed by atoms with Gasteiger partial charge < -0.3 is 4.98 Å². The van der Waals surface area contributed by atoms with Crippen LogP contribution >= 0.6 is 11.3 Å². The van der Waals surface area contributed by atoms with E-state index in [9.17, 15) is 4.79 Å². The van der Waals surface area contributed by atoms with Crippen LogP contribution in [0.25, 0.3) is 22.2 Å². The molecule has 0 unspecified atom stereocenters. The molecule has 0 atom stereocenters. The first-order valence-corrected chi connectivity index (χ1v) is 7.63. The molecule has 0 saturated heterocycles. The number of hydrogen-bond acceptors (Lipinski definition) is 2. The smallest absolute Gasteiger partial charge is 0.152 e. The number of para-hydroxylation sites is 1. The molecule has 0 aliphatic heterocycles. The highest BCUT2D eigenvalue weighted by atomic mass is 32.1. The molecular weight excluding hydrogens is 266 g/mol. The van der Waals surface area contributed by atoms with Crippen LogP contribution in [0.5, 0.6) is 0 Å². The molecule has 20 heavy (non-hydrogen) atoms. The topological polar surface area (TPSA) is 32.9 Å². The zero-order valence-corrected chi connectivity index (χ0v) is 12.7. The van der Waals surface area contributed by atoms with Gasteiger partial charge in [0, 0.05) is 31.8 Å². The summed E-state index contributed by atoms with van der Waals surface area (Å²) in [6.07, 6.45) is 1.93. The molecule has 0 aliphatic rings. The van der Waals surface area contributed by atoms with Crippen LogP contribution in [-0.4, -0.2) is 11.3 Å². The third-order valence-corrected chi connectivity index (χ3v) is 4.74. The van der Waals surface area contributed by atoms with Gasteiger partial charge in [-0.25, -0.2) is 0 Å². The first kappa shape index (κ1) is 13.1. The van der Waals surface area contributed by atoms with Crippen LogP contribution in [0.3, 0.4) is 0 Å². The van der Waals surface area contributed by atoms with Gasteiger partial charge in [-0.05, 0) is 31.9 Å². The van der Waals surface area contributed by atoms with E-state index in [4.69, 9.17) is 0 Å². The highest BCUT2D eigenvalue weighted by Crippen LogP contribution is 2.36. The number of benzene rings is 1. The van der Waals surface area contributed by atoms with Crippen LogP contribution in [0, 0.1) is 13.8 Å². The summed E-state index contributed by atoms with van der Waals surface area (Å²) in [7, 11) is 0. The van der Waals surface area contributed by atoms with Crippen LogP contribution in [0.1, 0.15) is 32.6 Å². The molecule has 2 nitrogen and oxygen atoms in total. The Morgan fingerprint density at radius 1 is 1.30 bits per heavy atom. The molecule has 3 aromatic rings. The van der Waals surface area contributed by atoms with Crippen molar-refractivity contribution < 1.29 is 4.79 Å². The molecule has 2 aromatic heterocycles. The fraction of sp³-hybridized carbons (Fsp3) is 0.235. The average molecular weight is 283 g/mol. The van der Waals surface area contributed by atoms with Crippen LogP contribution in [0.4, 0.5) is 0 Å². The summed E-state index contributed by atoms with van der Waals surface area (Å²) in [5.74, 6) is 0. The molecule has 0 fully saturated rings. The lowest BCUT2D eigenvalue weighted by Gasteiger charge is -1.98. The minimum absolute atomic E-state index is 0.774. The summed E-state index contributed by atoms with van der Waals surface area (Å²) in [5, 5.41) is 1.03. The molecule has 3 heteroatoms. The second-order valence-electron chi connectivity index (χ2n) is 5.05. The third kappa shape index (κ3) is 1.90. The molecule has 0 radical (unpaired) electrons. The lowest BCUT2D eigenvalue weighted by molar-refractivity contribution is 0.112. The number of aldehydes is 1. The van der Waals surface area contributed by atoms with E-state index in [-0.39, 0.29) is 0 Å². The molecule has 3 rings (SSSR count). The van der Waals surface area contributed by atoms with Gasteiger partial charge >= 0.3 is 0 Å². The van der Waals surface area contributed by atoms with E-state index < -0.39 is 0 Å². The summed E-state index contributed by atoms with van der Waals surface area (Å²) >= 11 is 1.77. The maximum Gasteiger partial charge on any atom is 0.152 e. The lowest BCUT2D eigenvalue weighted by atomic mass is 10.0. The number of aromatic amines is 1. The Labute approximate surface area is 122 Å². The van der Waals surface area contributed by atoms with E-state index in [2.05, 4.69) is 37.9 Å². The zero-order valence-electron chi connectivity index (χ0n) is 11.9. The Morgan fingerprint density at radius 3 is 2.70 bits per heavy atom. The monoisotopic (exact) mass is 283 g/mol. The quantitative estimate of drug-likeness (QED) is 0.682. The molecule has 1 N–H and O–H groups in total. The van der Waals surface area contributed by atoms with Crippen molar-refractivity contribution in [2.24, 2.45) is 0 Å². The Morgan fingerprint density at radius 2 is 2.10 bits per heavy atom. The molecule has 0 saturated carbocycles. The van der Waals surface area contributed by atoms with Crippen molar-refractivity contribution in [3.05, 3.63) is 45.1 Å². The molecule has 2 heterocycles. The van der Waals surface area contributed by atoms with E-state index in [0.29, 0.717) is 0 Å². The van der Waals surface area contributed by atoms with E-state index in [1.165, 1.54) is 15.3 Å². The minimum Gasteiger partial charge on any atom is -0.354 e. The van der Waals surface area contributed by atoms with Gasteiger partial charge in [0.15, 0.2) is 6.29 Å². The van der Waals surface area contributed by atoms with Crippen molar-refractivity contribution in [3.63, 3.8) is 0 Å². The van der Waals surface area contributed by atoms with E-state index >= 15 is 0 Å². The lowest BCUT2D eigenvalue weighted by Crippen LogP contribution is -1.84. The van der Waals surface area contributed by atoms with E-state index in [1.54, 1.807) is 11.3 Å². The number of carbonyl (C=O) groups excluding carboxylic acids is 1. The standard InChI is InChI=1S/C17H17NOS/c1-4-12-6-5-7-13-15(9-19)17(18-16(12)13)14-8-10(2)20-11(14)3/h5-9,18H,4H2,1-3H3. The summed E-state index contributed by atoms with van der Waals surface area (Å²) in [6.45, 7) is 6.34. The predicted octanol–water partition coefficient (Wildman–Crippen LogP) is 4.89. The molecule has 0 aliphatic carbocycles. The number of carbonyl (C=O) groups is 1. The minimum atomic E-state index is 0.774. The number of rotatable bonds is 3. The van der Waals surface area contributed by atoms with Gasteiger partial charge in [-0.3, -0.25) is 4.79 Å². The average Bonchev–Trinajstić information content (AvgIpc) is 2.97. The van der Waals surface area contributed by atoms with E-state index in [0.717, 1.165) is 40.4 Å². The largest absolute Gasteiger partial charge is 0.354 e. The van der Waals surface area contributed by atoms with Crippen molar-refractivity contribution >= 4 is 28.5 Å². The molecule has 0 amide bonds. The first-order valence-electron chi connectivity index (χ1n) is 6.81. The second-order valence-corrected chi connectivity index (χ2v) is 6.51.